The fraction of sp³-hybridized carbons (Fsp3) is 0.538. The molecule has 2 unspecified atom stereocenters. The van der Waals surface area contributed by atoms with E-state index in [1.807, 2.05) is 160 Å². The van der Waals surface area contributed by atoms with Crippen molar-refractivity contribution in [1.29, 1.82) is 0 Å². The number of hydrogen-bond donors (Lipinski definition) is 2. The van der Waals surface area contributed by atoms with E-state index in [1.54, 1.807) is 107 Å². The second-order valence-corrected chi connectivity index (χ2v) is 63.9. The minimum atomic E-state index is 0.770. The molecule has 0 spiro atoms. The van der Waals surface area contributed by atoms with Crippen molar-refractivity contribution >= 4 is 318 Å². The van der Waals surface area contributed by atoms with Crippen LogP contribution in [0.2, 0.25) is 0 Å². The number of benzene rings is 1. The molecule has 1 aromatic carbocycles. The zero-order valence-corrected chi connectivity index (χ0v) is 51.1. The predicted octanol–water partition coefficient (Wildman–Crippen LogP) is 2.75. The van der Waals surface area contributed by atoms with E-state index in [0.29, 0.717) is 0 Å². The molecule has 2 aliphatic carbocycles. The van der Waals surface area contributed by atoms with Crippen LogP contribution in [0.3, 0.4) is 0 Å². The van der Waals surface area contributed by atoms with Gasteiger partial charge >= 0.3 is 0 Å². The SMILES string of the molecule is Cc1c(N)c(N)c(C)c2c1C1CCC2C1.S=S=S=S=S=S=S=S=S=S=S=S=S=S=S=S=S=S=S=S=S=S=S=S=S=S=S=S=S=S=S=S=S=S. The Balaban J connectivity index is 0.000000450. The molecule has 4 N–H and O–H groups in total. The van der Waals surface area contributed by atoms with Gasteiger partial charge in [0.15, 0.2) is 0 Å². The molecule has 0 saturated heterocycles. The monoisotopic (exact) mass is 1290 g/mol. The highest BCUT2D eigenvalue weighted by Crippen LogP contribution is 2.57. The van der Waals surface area contributed by atoms with Gasteiger partial charge in [-0.3, -0.25) is 0 Å². The summed E-state index contributed by atoms with van der Waals surface area (Å²) in [6.07, 6.45) is 4.03. The number of fused-ring (bicyclic) bond motifs is 5. The summed E-state index contributed by atoms with van der Waals surface area (Å²) < 4.78 is 0. The maximum absolute atomic E-state index is 6.06. The van der Waals surface area contributed by atoms with Crippen LogP contribution < -0.4 is 11.5 Å². The average molecular weight is 1290 g/mol. The van der Waals surface area contributed by atoms with E-state index in [9.17, 15) is 0 Å². The molecule has 284 valence electrons. The third-order valence-electron chi connectivity index (χ3n) is 5.31. The van der Waals surface area contributed by atoms with Gasteiger partial charge in [0, 0.05) is 307 Å². The van der Waals surface area contributed by atoms with E-state index < -0.39 is 0 Å². The normalized spacial score (nSPS) is 13.6. The van der Waals surface area contributed by atoms with Crippen molar-refractivity contribution in [3.63, 3.8) is 0 Å². The molecule has 2 atom stereocenters. The minimum Gasteiger partial charge on any atom is -0.397 e. The van der Waals surface area contributed by atoms with Crippen LogP contribution in [0, 0.1) is 13.8 Å². The summed E-state index contributed by atoms with van der Waals surface area (Å²) in [6, 6.07) is 0. The highest BCUT2D eigenvalue weighted by molar-refractivity contribution is 8.80. The van der Waals surface area contributed by atoms with Gasteiger partial charge in [-0.25, -0.2) is 0 Å². The summed E-state index contributed by atoms with van der Waals surface area (Å²) in [4.78, 5) is 0. The van der Waals surface area contributed by atoms with Crippen molar-refractivity contribution in [2.45, 2.75) is 44.9 Å². The Labute approximate surface area is 387 Å². The minimum absolute atomic E-state index is 0.770. The lowest BCUT2D eigenvalue weighted by atomic mass is 9.84. The summed E-state index contributed by atoms with van der Waals surface area (Å²) in [6.45, 7) is 4.26. The molecular formula is C13H18N2S34. The lowest BCUT2D eigenvalue weighted by molar-refractivity contribution is 0.711. The van der Waals surface area contributed by atoms with E-state index in [-0.39, 0.29) is 0 Å². The predicted molar refractivity (Wildman–Crippen MR) is 314 cm³/mol. The number of nitrogen functional groups attached to an aromatic ring is 2. The molecule has 2 bridgehead atoms. The van der Waals surface area contributed by atoms with Crippen molar-refractivity contribution in [3.05, 3.63) is 22.3 Å². The summed E-state index contributed by atoms with van der Waals surface area (Å²) in [5.41, 5.74) is 19.3. The first-order valence-electron chi connectivity index (χ1n) is 11.3. The van der Waals surface area contributed by atoms with Gasteiger partial charge in [0.1, 0.15) is 0 Å². The van der Waals surface area contributed by atoms with E-state index in [1.165, 1.54) is 59.3 Å². The lowest BCUT2D eigenvalue weighted by Crippen LogP contribution is -2.09. The summed E-state index contributed by atoms with van der Waals surface area (Å²) in [5, 5.41) is 0. The van der Waals surface area contributed by atoms with Crippen LogP contribution in [0.4, 0.5) is 11.4 Å². The van der Waals surface area contributed by atoms with Gasteiger partial charge in [-0.05, 0) is 67.2 Å². The third-order valence-corrected chi connectivity index (χ3v) is 74.2. The van der Waals surface area contributed by atoms with Crippen molar-refractivity contribution in [3.8, 4) is 0 Å². The fourth-order valence-electron chi connectivity index (χ4n) is 4.00. The molecule has 1 fully saturated rings. The van der Waals surface area contributed by atoms with Gasteiger partial charge in [0.25, 0.3) is 0 Å². The number of hydrogen-bond acceptors (Lipinski definition) is 4. The quantitative estimate of drug-likeness (QED) is 0.394. The van der Waals surface area contributed by atoms with Gasteiger partial charge in [0.05, 0.1) is 11.4 Å². The highest BCUT2D eigenvalue weighted by atomic mass is 33.5. The first kappa shape index (κ1) is 51.4. The number of anilines is 2. The molecule has 0 aliphatic heterocycles. The Bertz CT molecular complexity index is 2700. The Morgan fingerprint density at radius 2 is 0.551 bits per heavy atom. The summed E-state index contributed by atoms with van der Waals surface area (Å²) in [7, 11) is 56.4. The van der Waals surface area contributed by atoms with Crippen LogP contribution in [-0.4, -0.2) is 0 Å². The zero-order chi connectivity index (χ0) is 35.4. The Morgan fingerprint density at radius 3 is 0.735 bits per heavy atom. The fourth-order valence-corrected chi connectivity index (χ4v) is 86.3. The Kier molecular flexibility index (Phi) is 38.0. The third kappa shape index (κ3) is 24.2. The van der Waals surface area contributed by atoms with Gasteiger partial charge in [-0.15, -0.1) is 0 Å². The highest BCUT2D eigenvalue weighted by Gasteiger charge is 2.40. The molecule has 49 heavy (non-hydrogen) atoms. The Morgan fingerprint density at radius 1 is 0.367 bits per heavy atom. The molecular weight excluding hydrogens is 1270 g/mol. The van der Waals surface area contributed by atoms with Gasteiger partial charge < -0.3 is 11.5 Å². The molecule has 1 aromatic rings. The molecule has 2 nitrogen and oxygen atoms in total. The van der Waals surface area contributed by atoms with E-state index in [0.717, 1.165) is 23.2 Å². The molecule has 0 heterocycles. The van der Waals surface area contributed by atoms with Crippen LogP contribution in [-0.2, 0) is 307 Å². The maximum Gasteiger partial charge on any atom is 0.0583 e. The van der Waals surface area contributed by atoms with Crippen LogP contribution in [0.1, 0.15) is 53.4 Å². The average Bonchev–Trinajstić information content (AvgIpc) is 3.74. The topological polar surface area (TPSA) is 52.0 Å². The molecule has 0 aromatic heterocycles. The first-order chi connectivity index (χ1) is 24.0. The van der Waals surface area contributed by atoms with Crippen molar-refractivity contribution < 1.29 is 0 Å². The van der Waals surface area contributed by atoms with Gasteiger partial charge in [-0.1, -0.05) is 0 Å². The van der Waals surface area contributed by atoms with Crippen LogP contribution in [0.5, 0.6) is 0 Å². The van der Waals surface area contributed by atoms with E-state index in [2.05, 4.69) is 13.8 Å². The maximum atomic E-state index is 6.06. The van der Waals surface area contributed by atoms with Crippen molar-refractivity contribution in [2.75, 3.05) is 11.5 Å². The molecule has 2 aliphatic rings. The Hall–Kier alpha value is 6.30. The molecule has 0 amide bonds. The standard InChI is InChI=1S/C13H18N2.S34/c1-6-10-8-3-4-9(5-8)11(10)7(2)13(15)12(6)14;1-3-5-7-9-11-13-15-17-19-21-23-25-27-29-31-33-34-32-30-28-26-24-22-20-18-16-14-12-10-8-6-4-2/h8-9H,3-5,14-15H2,1-2H3;. The summed E-state index contributed by atoms with van der Waals surface area (Å²) >= 11 is 9.59. The van der Waals surface area contributed by atoms with Crippen molar-refractivity contribution in [1.82, 2.24) is 0 Å². The molecule has 3 rings (SSSR count). The second-order valence-electron chi connectivity index (χ2n) is 7.29. The summed E-state index contributed by atoms with van der Waals surface area (Å²) in [5.74, 6) is 1.54. The molecule has 36 heteroatoms. The molecule has 0 radical (unpaired) electrons. The van der Waals surface area contributed by atoms with Crippen LogP contribution >= 0.6 is 0 Å². The first-order valence-corrected chi connectivity index (χ1v) is 55.3. The lowest BCUT2D eigenvalue weighted by Gasteiger charge is -2.23. The van der Waals surface area contributed by atoms with Crippen molar-refractivity contribution in [2.24, 2.45) is 0 Å². The van der Waals surface area contributed by atoms with Gasteiger partial charge in [-0.2, -0.15) is 0 Å². The van der Waals surface area contributed by atoms with E-state index >= 15 is 0 Å². The molecule has 1 saturated carbocycles. The second kappa shape index (κ2) is 36.2. The number of rotatable bonds is 0. The largest absolute Gasteiger partial charge is 0.397 e. The van der Waals surface area contributed by atoms with Crippen LogP contribution in [0.15, 0.2) is 0 Å². The number of nitrogens with two attached hydrogens (primary N) is 2. The zero-order valence-electron chi connectivity index (χ0n) is 23.3. The van der Waals surface area contributed by atoms with E-state index in [4.69, 9.17) is 33.8 Å². The van der Waals surface area contributed by atoms with Gasteiger partial charge in [0.2, 0.25) is 0 Å². The van der Waals surface area contributed by atoms with Crippen LogP contribution in [0.25, 0.3) is 0 Å². The smallest absolute Gasteiger partial charge is 0.0583 e.